The fraction of sp³-hybridized carbons (Fsp3) is 0.519. The molecule has 31 heavy (non-hydrogen) atoms. The normalized spacial score (nSPS) is 11.0. The number of anilines is 1. The summed E-state index contributed by atoms with van der Waals surface area (Å²) in [5, 5.41) is 20.8. The minimum atomic E-state index is 0.627. The number of rotatable bonds is 16. The van der Waals surface area contributed by atoms with E-state index in [2.05, 4.69) is 28.5 Å². The van der Waals surface area contributed by atoms with Gasteiger partial charge in [0, 0.05) is 12.2 Å². The molecule has 0 atom stereocenters. The van der Waals surface area contributed by atoms with Gasteiger partial charge in [-0.1, -0.05) is 77.6 Å². The van der Waals surface area contributed by atoms with E-state index in [1.807, 2.05) is 24.3 Å². The summed E-state index contributed by atoms with van der Waals surface area (Å²) in [6.45, 7) is 3.30. The van der Waals surface area contributed by atoms with Crippen LogP contribution in [0.25, 0.3) is 0 Å². The van der Waals surface area contributed by atoms with Crippen molar-refractivity contribution in [1.29, 1.82) is 5.26 Å². The minimum Gasteiger partial charge on any atom is -0.385 e. The Bertz CT molecular complexity index is 772. The third-order valence-electron chi connectivity index (χ3n) is 5.50. The number of nitrogens with zero attached hydrogens (tertiary/aromatic N) is 3. The number of hydrogen-bond acceptors (Lipinski definition) is 4. The summed E-state index contributed by atoms with van der Waals surface area (Å²) >= 11 is 0. The maximum Gasteiger partial charge on any atom is 0.0991 e. The van der Waals surface area contributed by atoms with Crippen LogP contribution in [0.3, 0.4) is 0 Å². The Morgan fingerprint density at radius 3 is 1.58 bits per heavy atom. The van der Waals surface area contributed by atoms with E-state index in [9.17, 15) is 0 Å². The van der Waals surface area contributed by atoms with E-state index in [1.165, 1.54) is 77.0 Å². The molecule has 0 aliphatic carbocycles. The van der Waals surface area contributed by atoms with Gasteiger partial charge in [-0.15, -0.1) is 0 Å². The van der Waals surface area contributed by atoms with Crippen LogP contribution in [0.4, 0.5) is 17.1 Å². The predicted molar refractivity (Wildman–Crippen MR) is 131 cm³/mol. The first-order valence-electron chi connectivity index (χ1n) is 12.1. The van der Waals surface area contributed by atoms with Crippen LogP contribution in [0.2, 0.25) is 0 Å². The number of nitrogens with one attached hydrogen (secondary N) is 1. The molecule has 0 aliphatic rings. The molecule has 2 rings (SSSR count). The molecule has 2 aromatic rings. The highest BCUT2D eigenvalue weighted by atomic mass is 15.1. The van der Waals surface area contributed by atoms with E-state index in [0.29, 0.717) is 5.56 Å². The molecule has 0 aromatic heterocycles. The zero-order valence-electron chi connectivity index (χ0n) is 19.2. The van der Waals surface area contributed by atoms with E-state index in [-0.39, 0.29) is 0 Å². The van der Waals surface area contributed by atoms with Crippen LogP contribution in [0.15, 0.2) is 58.8 Å². The Balaban J connectivity index is 1.50. The number of nitriles is 1. The van der Waals surface area contributed by atoms with Gasteiger partial charge in [0.1, 0.15) is 0 Å². The number of unbranched alkanes of at least 4 members (excludes halogenated alkanes) is 11. The summed E-state index contributed by atoms with van der Waals surface area (Å²) in [6, 6.07) is 17.2. The molecule has 0 bridgehead atoms. The van der Waals surface area contributed by atoms with Crippen LogP contribution in [0.5, 0.6) is 0 Å². The second-order valence-corrected chi connectivity index (χ2v) is 8.22. The standard InChI is InChI=1S/C27H38N4/c1-2-3-4-5-6-7-8-9-10-11-12-13-22-29-25-18-20-27(21-19-25)31-30-26-16-14-24(23-28)15-17-26/h14-21,29H,2-13,22H2,1H3. The molecular weight excluding hydrogens is 380 g/mol. The molecule has 0 amide bonds. The monoisotopic (exact) mass is 418 g/mol. The van der Waals surface area contributed by atoms with Crippen LogP contribution in [0, 0.1) is 11.3 Å². The summed E-state index contributed by atoms with van der Waals surface area (Å²) in [4.78, 5) is 0. The van der Waals surface area contributed by atoms with Gasteiger partial charge in [-0.05, 0) is 55.0 Å². The zero-order chi connectivity index (χ0) is 22.0. The first-order valence-corrected chi connectivity index (χ1v) is 12.1. The molecule has 1 N–H and O–H groups in total. The van der Waals surface area contributed by atoms with Gasteiger partial charge in [0.25, 0.3) is 0 Å². The Hall–Kier alpha value is -2.67. The Morgan fingerprint density at radius 1 is 0.645 bits per heavy atom. The molecular formula is C27H38N4. The summed E-state index contributed by atoms with van der Waals surface area (Å²) in [5.41, 5.74) is 3.32. The van der Waals surface area contributed by atoms with Crippen molar-refractivity contribution in [3.05, 3.63) is 54.1 Å². The van der Waals surface area contributed by atoms with Gasteiger partial charge < -0.3 is 5.32 Å². The van der Waals surface area contributed by atoms with E-state index in [4.69, 9.17) is 5.26 Å². The molecule has 4 heteroatoms. The summed E-state index contributed by atoms with van der Waals surface area (Å²) in [7, 11) is 0. The number of benzene rings is 2. The molecule has 2 aromatic carbocycles. The number of azo groups is 1. The minimum absolute atomic E-state index is 0.627. The fourth-order valence-corrected chi connectivity index (χ4v) is 3.56. The van der Waals surface area contributed by atoms with Crippen molar-refractivity contribution in [1.82, 2.24) is 0 Å². The summed E-state index contributed by atoms with van der Waals surface area (Å²) < 4.78 is 0. The molecule has 0 fully saturated rings. The lowest BCUT2D eigenvalue weighted by Gasteiger charge is -2.06. The quantitative estimate of drug-likeness (QED) is 0.218. The van der Waals surface area contributed by atoms with Crippen molar-refractivity contribution < 1.29 is 0 Å². The Morgan fingerprint density at radius 2 is 1.10 bits per heavy atom. The SMILES string of the molecule is CCCCCCCCCCCCCCNc1ccc(N=Nc2ccc(C#N)cc2)cc1. The second-order valence-electron chi connectivity index (χ2n) is 8.22. The molecule has 0 spiro atoms. The lowest BCUT2D eigenvalue weighted by molar-refractivity contribution is 0.546. The highest BCUT2D eigenvalue weighted by Gasteiger charge is 1.96. The summed E-state index contributed by atoms with van der Waals surface area (Å²) in [5.74, 6) is 0. The highest BCUT2D eigenvalue weighted by molar-refractivity contribution is 5.51. The van der Waals surface area contributed by atoms with Crippen LogP contribution in [-0.4, -0.2) is 6.54 Å². The molecule has 0 unspecified atom stereocenters. The van der Waals surface area contributed by atoms with E-state index in [0.717, 1.165) is 23.6 Å². The van der Waals surface area contributed by atoms with Gasteiger partial charge in [-0.25, -0.2) is 0 Å². The Labute approximate surface area is 188 Å². The summed E-state index contributed by atoms with van der Waals surface area (Å²) in [6.07, 6.45) is 16.5. The third kappa shape index (κ3) is 11.3. The van der Waals surface area contributed by atoms with Crippen LogP contribution < -0.4 is 5.32 Å². The van der Waals surface area contributed by atoms with Gasteiger partial charge >= 0.3 is 0 Å². The van der Waals surface area contributed by atoms with Crippen molar-refractivity contribution in [2.24, 2.45) is 10.2 Å². The molecule has 166 valence electrons. The topological polar surface area (TPSA) is 60.5 Å². The van der Waals surface area contributed by atoms with Crippen molar-refractivity contribution in [3.8, 4) is 6.07 Å². The Kier molecular flexibility index (Phi) is 12.8. The molecule has 0 radical (unpaired) electrons. The van der Waals surface area contributed by atoms with Crippen LogP contribution in [-0.2, 0) is 0 Å². The highest BCUT2D eigenvalue weighted by Crippen LogP contribution is 2.21. The smallest absolute Gasteiger partial charge is 0.0991 e. The lowest BCUT2D eigenvalue weighted by Crippen LogP contribution is -2.00. The first kappa shape index (κ1) is 24.6. The lowest BCUT2D eigenvalue weighted by atomic mass is 10.1. The molecule has 0 aliphatic heterocycles. The second kappa shape index (κ2) is 16.1. The van der Waals surface area contributed by atoms with Crippen LogP contribution in [0.1, 0.15) is 89.5 Å². The van der Waals surface area contributed by atoms with Crippen LogP contribution >= 0.6 is 0 Å². The van der Waals surface area contributed by atoms with Gasteiger partial charge in [0.15, 0.2) is 0 Å². The van der Waals surface area contributed by atoms with Gasteiger partial charge in [0.2, 0.25) is 0 Å². The van der Waals surface area contributed by atoms with Crippen molar-refractivity contribution in [2.45, 2.75) is 84.0 Å². The third-order valence-corrected chi connectivity index (χ3v) is 5.50. The van der Waals surface area contributed by atoms with Gasteiger partial charge in [-0.3, -0.25) is 0 Å². The molecule has 0 saturated carbocycles. The average Bonchev–Trinajstić information content (AvgIpc) is 2.82. The molecule has 0 heterocycles. The predicted octanol–water partition coefficient (Wildman–Crippen LogP) is 9.09. The van der Waals surface area contributed by atoms with E-state index >= 15 is 0 Å². The van der Waals surface area contributed by atoms with Crippen molar-refractivity contribution in [3.63, 3.8) is 0 Å². The maximum absolute atomic E-state index is 8.82. The molecule has 0 saturated heterocycles. The van der Waals surface area contributed by atoms with Gasteiger partial charge in [-0.2, -0.15) is 15.5 Å². The molecule has 4 nitrogen and oxygen atoms in total. The fourth-order valence-electron chi connectivity index (χ4n) is 3.56. The van der Waals surface area contributed by atoms with Crippen molar-refractivity contribution >= 4 is 17.1 Å². The zero-order valence-corrected chi connectivity index (χ0v) is 19.2. The average molecular weight is 419 g/mol. The largest absolute Gasteiger partial charge is 0.385 e. The first-order chi connectivity index (χ1) is 15.3. The van der Waals surface area contributed by atoms with Crippen molar-refractivity contribution in [2.75, 3.05) is 11.9 Å². The maximum atomic E-state index is 8.82. The van der Waals surface area contributed by atoms with Gasteiger partial charge in [0.05, 0.1) is 23.0 Å². The van der Waals surface area contributed by atoms with E-state index in [1.54, 1.807) is 24.3 Å². The number of hydrogen-bond donors (Lipinski definition) is 1. The van der Waals surface area contributed by atoms with E-state index < -0.39 is 0 Å².